The number of carbonyl (C=O) groups excluding carboxylic acids is 1. The Bertz CT molecular complexity index is 760. The van der Waals surface area contributed by atoms with E-state index in [0.29, 0.717) is 6.54 Å². The number of pyridine rings is 1. The number of anilines is 1. The van der Waals surface area contributed by atoms with Gasteiger partial charge < -0.3 is 15.6 Å². The van der Waals surface area contributed by atoms with Gasteiger partial charge in [0.15, 0.2) is 0 Å². The summed E-state index contributed by atoms with van der Waals surface area (Å²) in [7, 11) is 1.61. The molecular formula is C14H16N6O. The van der Waals surface area contributed by atoms with Crippen molar-refractivity contribution in [3.63, 3.8) is 0 Å². The molecule has 0 aliphatic heterocycles. The maximum atomic E-state index is 11.3. The quantitative estimate of drug-likeness (QED) is 0.655. The van der Waals surface area contributed by atoms with Crippen molar-refractivity contribution in [1.82, 2.24) is 25.1 Å². The fraction of sp³-hybridized carbons (Fsp3) is 0.214. The van der Waals surface area contributed by atoms with E-state index in [4.69, 9.17) is 0 Å². The molecule has 1 amide bonds. The zero-order valence-electron chi connectivity index (χ0n) is 11.6. The third-order valence-corrected chi connectivity index (χ3v) is 3.24. The summed E-state index contributed by atoms with van der Waals surface area (Å²) in [5.74, 6) is -0.0765. The Morgan fingerprint density at radius 2 is 2.38 bits per heavy atom. The molecule has 7 nitrogen and oxygen atoms in total. The number of nitrogens with one attached hydrogen (secondary N) is 3. The van der Waals surface area contributed by atoms with Gasteiger partial charge in [-0.1, -0.05) is 0 Å². The lowest BCUT2D eigenvalue weighted by atomic mass is 10.2. The van der Waals surface area contributed by atoms with Crippen LogP contribution in [-0.4, -0.2) is 32.7 Å². The number of fused-ring (bicyclic) bond motifs is 1. The first-order valence-corrected chi connectivity index (χ1v) is 6.64. The number of H-pyrrole nitrogens is 1. The number of aromatic nitrogens is 4. The Morgan fingerprint density at radius 3 is 3.24 bits per heavy atom. The normalized spacial score (nSPS) is 10.7. The fourth-order valence-electron chi connectivity index (χ4n) is 2.12. The Hall–Kier alpha value is -2.83. The lowest BCUT2D eigenvalue weighted by molar-refractivity contribution is -0.121. The van der Waals surface area contributed by atoms with Gasteiger partial charge in [0.1, 0.15) is 12.2 Å². The van der Waals surface area contributed by atoms with Crippen LogP contribution >= 0.6 is 0 Å². The lowest BCUT2D eigenvalue weighted by Crippen LogP contribution is -2.23. The second-order valence-electron chi connectivity index (χ2n) is 4.67. The van der Waals surface area contributed by atoms with Crippen LogP contribution in [0.1, 0.15) is 5.56 Å². The average Bonchev–Trinajstić information content (AvgIpc) is 3.11. The lowest BCUT2D eigenvalue weighted by Gasteiger charge is -2.02. The number of hydrogen-bond donors (Lipinski definition) is 3. The van der Waals surface area contributed by atoms with Gasteiger partial charge in [-0.05, 0) is 17.7 Å². The maximum Gasteiger partial charge on any atom is 0.241 e. The van der Waals surface area contributed by atoms with Crippen molar-refractivity contribution in [2.24, 2.45) is 0 Å². The first kappa shape index (κ1) is 13.2. The second kappa shape index (κ2) is 5.66. The predicted octanol–water partition coefficient (Wildman–Crippen LogP) is 1.12. The molecule has 7 heteroatoms. The van der Waals surface area contributed by atoms with E-state index in [0.717, 1.165) is 22.3 Å². The maximum absolute atomic E-state index is 11.3. The molecule has 0 unspecified atom stereocenters. The summed E-state index contributed by atoms with van der Waals surface area (Å²) >= 11 is 0. The summed E-state index contributed by atoms with van der Waals surface area (Å²) in [5.41, 5.74) is 2.89. The molecular weight excluding hydrogens is 268 g/mol. The summed E-state index contributed by atoms with van der Waals surface area (Å²) in [6, 6.07) is 3.95. The van der Waals surface area contributed by atoms with Gasteiger partial charge in [-0.3, -0.25) is 9.48 Å². The zero-order valence-corrected chi connectivity index (χ0v) is 11.6. The van der Waals surface area contributed by atoms with Crippen LogP contribution in [0.15, 0.2) is 36.9 Å². The molecule has 3 aromatic rings. The number of aromatic amines is 1. The highest BCUT2D eigenvalue weighted by atomic mass is 16.1. The summed E-state index contributed by atoms with van der Waals surface area (Å²) in [4.78, 5) is 18.7. The van der Waals surface area contributed by atoms with E-state index in [9.17, 15) is 4.79 Å². The first-order valence-electron chi connectivity index (χ1n) is 6.64. The molecule has 0 fully saturated rings. The Balaban J connectivity index is 1.66. The number of nitrogens with zero attached hydrogens (tertiary/aromatic N) is 3. The van der Waals surface area contributed by atoms with Crippen LogP contribution in [0, 0.1) is 0 Å². The molecule has 0 saturated heterocycles. The minimum Gasteiger partial charge on any atom is -0.378 e. The highest BCUT2D eigenvalue weighted by Crippen LogP contribution is 2.17. The SMILES string of the molecule is CNC(=O)Cn1cc(NCc2c[nH]c3ncccc23)cn1. The monoisotopic (exact) mass is 284 g/mol. The van der Waals surface area contributed by atoms with Crippen molar-refractivity contribution in [2.75, 3.05) is 12.4 Å². The molecule has 108 valence electrons. The van der Waals surface area contributed by atoms with Crippen molar-refractivity contribution in [2.45, 2.75) is 13.1 Å². The molecule has 0 spiro atoms. The molecule has 0 bridgehead atoms. The van der Waals surface area contributed by atoms with Gasteiger partial charge in [0.05, 0.1) is 11.9 Å². The van der Waals surface area contributed by atoms with Crippen molar-refractivity contribution < 1.29 is 4.79 Å². The van der Waals surface area contributed by atoms with Gasteiger partial charge in [0, 0.05) is 37.6 Å². The van der Waals surface area contributed by atoms with Gasteiger partial charge in [-0.25, -0.2) is 4.98 Å². The summed E-state index contributed by atoms with van der Waals surface area (Å²) < 4.78 is 1.60. The van der Waals surface area contributed by atoms with Gasteiger partial charge in [0.2, 0.25) is 5.91 Å². The largest absolute Gasteiger partial charge is 0.378 e. The fourth-order valence-corrected chi connectivity index (χ4v) is 2.12. The molecule has 21 heavy (non-hydrogen) atoms. The molecule has 3 rings (SSSR count). The Kier molecular flexibility index (Phi) is 3.55. The highest BCUT2D eigenvalue weighted by Gasteiger charge is 2.05. The number of amides is 1. The van der Waals surface area contributed by atoms with Crippen molar-refractivity contribution in [1.29, 1.82) is 0 Å². The molecule has 0 aliphatic rings. The predicted molar refractivity (Wildman–Crippen MR) is 79.7 cm³/mol. The van der Waals surface area contributed by atoms with E-state index in [1.807, 2.05) is 24.5 Å². The molecule has 0 atom stereocenters. The molecule has 0 saturated carbocycles. The van der Waals surface area contributed by atoms with Gasteiger partial charge in [0.25, 0.3) is 0 Å². The molecule has 0 aromatic carbocycles. The van der Waals surface area contributed by atoms with E-state index >= 15 is 0 Å². The number of hydrogen-bond acceptors (Lipinski definition) is 4. The molecule has 0 radical (unpaired) electrons. The molecule has 3 N–H and O–H groups in total. The number of carbonyl (C=O) groups is 1. The Labute approximate surface area is 121 Å². The second-order valence-corrected chi connectivity index (χ2v) is 4.67. The number of likely N-dealkylation sites (N-methyl/N-ethyl adjacent to an activating group) is 1. The number of rotatable bonds is 5. The minimum absolute atomic E-state index is 0.0765. The van der Waals surface area contributed by atoms with Gasteiger partial charge >= 0.3 is 0 Å². The first-order chi connectivity index (χ1) is 10.3. The standard InChI is InChI=1S/C14H16N6O/c1-15-13(21)9-20-8-11(7-19-20)17-5-10-6-18-14-12(10)3-2-4-16-14/h2-4,6-8,17H,5,9H2,1H3,(H,15,21)(H,16,18). The summed E-state index contributed by atoms with van der Waals surface area (Å²) in [6.45, 7) is 0.881. The van der Waals surface area contributed by atoms with Crippen molar-refractivity contribution >= 4 is 22.6 Å². The van der Waals surface area contributed by atoms with Crippen LogP contribution in [0.5, 0.6) is 0 Å². The van der Waals surface area contributed by atoms with Crippen molar-refractivity contribution in [3.8, 4) is 0 Å². The van der Waals surface area contributed by atoms with Crippen LogP contribution in [0.3, 0.4) is 0 Å². The van der Waals surface area contributed by atoms with E-state index in [-0.39, 0.29) is 12.5 Å². The van der Waals surface area contributed by atoms with E-state index < -0.39 is 0 Å². The molecule has 3 heterocycles. The van der Waals surface area contributed by atoms with E-state index in [2.05, 4.69) is 25.7 Å². The molecule has 0 aliphatic carbocycles. The Morgan fingerprint density at radius 1 is 1.48 bits per heavy atom. The van der Waals surface area contributed by atoms with Crippen LogP contribution < -0.4 is 10.6 Å². The minimum atomic E-state index is -0.0765. The van der Waals surface area contributed by atoms with Crippen LogP contribution in [0.25, 0.3) is 11.0 Å². The van der Waals surface area contributed by atoms with Crippen LogP contribution in [-0.2, 0) is 17.9 Å². The third kappa shape index (κ3) is 2.86. The summed E-state index contributed by atoms with van der Waals surface area (Å²) in [6.07, 6.45) is 7.22. The van der Waals surface area contributed by atoms with Crippen LogP contribution in [0.4, 0.5) is 5.69 Å². The van der Waals surface area contributed by atoms with E-state index in [1.165, 1.54) is 0 Å². The average molecular weight is 284 g/mol. The van der Waals surface area contributed by atoms with Gasteiger partial charge in [-0.2, -0.15) is 5.10 Å². The topological polar surface area (TPSA) is 87.6 Å². The van der Waals surface area contributed by atoms with Crippen LogP contribution in [0.2, 0.25) is 0 Å². The van der Waals surface area contributed by atoms with E-state index in [1.54, 1.807) is 24.1 Å². The van der Waals surface area contributed by atoms with Crippen molar-refractivity contribution in [3.05, 3.63) is 42.5 Å². The molecule has 3 aromatic heterocycles. The highest BCUT2D eigenvalue weighted by molar-refractivity contribution is 5.79. The smallest absolute Gasteiger partial charge is 0.241 e. The summed E-state index contributed by atoms with van der Waals surface area (Å²) in [5, 5.41) is 11.1. The third-order valence-electron chi connectivity index (χ3n) is 3.24. The zero-order chi connectivity index (χ0) is 14.7. The van der Waals surface area contributed by atoms with Gasteiger partial charge in [-0.15, -0.1) is 0 Å².